The van der Waals surface area contributed by atoms with Gasteiger partial charge >= 0.3 is 6.01 Å². The standard InChI is InChI=1S/C13H24N4O2/c1-4-6-14-10(3)12-15-16-13(19-12)17-7-8-18-11(5-2)9-17/h10-11,14H,4-9H2,1-3H3. The molecule has 0 aliphatic carbocycles. The fourth-order valence-electron chi connectivity index (χ4n) is 2.12. The Morgan fingerprint density at radius 1 is 1.42 bits per heavy atom. The maximum absolute atomic E-state index is 5.76. The number of nitrogens with zero attached hydrogens (tertiary/aromatic N) is 3. The molecule has 0 saturated carbocycles. The minimum Gasteiger partial charge on any atom is -0.406 e. The van der Waals surface area contributed by atoms with Gasteiger partial charge in [-0.15, -0.1) is 5.10 Å². The fraction of sp³-hybridized carbons (Fsp3) is 0.846. The molecule has 2 unspecified atom stereocenters. The highest BCUT2D eigenvalue weighted by Crippen LogP contribution is 2.20. The van der Waals surface area contributed by atoms with Crippen molar-refractivity contribution in [3.05, 3.63) is 5.89 Å². The van der Waals surface area contributed by atoms with Gasteiger partial charge in [-0.3, -0.25) is 0 Å². The Labute approximate surface area is 114 Å². The molecule has 1 fully saturated rings. The molecule has 0 amide bonds. The van der Waals surface area contributed by atoms with E-state index >= 15 is 0 Å². The Kier molecular flexibility index (Phi) is 5.15. The monoisotopic (exact) mass is 268 g/mol. The van der Waals surface area contributed by atoms with Crippen LogP contribution in [0.4, 0.5) is 6.01 Å². The van der Waals surface area contributed by atoms with E-state index in [-0.39, 0.29) is 12.1 Å². The SMILES string of the molecule is CCCNC(C)c1nnc(N2CCOC(CC)C2)o1. The molecule has 2 heterocycles. The number of morpholine rings is 1. The van der Waals surface area contributed by atoms with Gasteiger partial charge in [0, 0.05) is 13.1 Å². The van der Waals surface area contributed by atoms with Gasteiger partial charge in [-0.05, 0) is 26.3 Å². The van der Waals surface area contributed by atoms with Gasteiger partial charge in [-0.1, -0.05) is 18.9 Å². The van der Waals surface area contributed by atoms with Crippen LogP contribution in [0.15, 0.2) is 4.42 Å². The summed E-state index contributed by atoms with van der Waals surface area (Å²) in [6, 6.07) is 0.714. The van der Waals surface area contributed by atoms with E-state index in [1.54, 1.807) is 0 Å². The molecule has 1 N–H and O–H groups in total. The number of nitrogens with one attached hydrogen (secondary N) is 1. The van der Waals surface area contributed by atoms with Gasteiger partial charge in [0.05, 0.1) is 18.8 Å². The highest BCUT2D eigenvalue weighted by molar-refractivity contribution is 5.25. The van der Waals surface area contributed by atoms with Crippen molar-refractivity contribution in [3.63, 3.8) is 0 Å². The summed E-state index contributed by atoms with van der Waals surface area (Å²) in [6.45, 7) is 9.63. The van der Waals surface area contributed by atoms with Gasteiger partial charge in [0.15, 0.2) is 0 Å². The molecule has 2 atom stereocenters. The molecule has 0 bridgehead atoms. The molecule has 19 heavy (non-hydrogen) atoms. The second-order valence-electron chi connectivity index (χ2n) is 4.95. The fourth-order valence-corrected chi connectivity index (χ4v) is 2.12. The summed E-state index contributed by atoms with van der Waals surface area (Å²) in [7, 11) is 0. The highest BCUT2D eigenvalue weighted by atomic mass is 16.5. The lowest BCUT2D eigenvalue weighted by Crippen LogP contribution is -2.42. The Hall–Kier alpha value is -1.14. The second kappa shape index (κ2) is 6.86. The van der Waals surface area contributed by atoms with Gasteiger partial charge in [-0.2, -0.15) is 0 Å². The largest absolute Gasteiger partial charge is 0.406 e. The highest BCUT2D eigenvalue weighted by Gasteiger charge is 2.24. The van der Waals surface area contributed by atoms with Crippen molar-refractivity contribution in [2.75, 3.05) is 31.1 Å². The molecule has 6 heteroatoms. The first-order valence-electron chi connectivity index (χ1n) is 7.17. The van der Waals surface area contributed by atoms with E-state index in [2.05, 4.69) is 34.3 Å². The first-order chi connectivity index (χ1) is 9.24. The third-order valence-corrected chi connectivity index (χ3v) is 3.37. The number of hydrogen-bond donors (Lipinski definition) is 1. The van der Waals surface area contributed by atoms with Crippen LogP contribution in [0.2, 0.25) is 0 Å². The molecular formula is C13H24N4O2. The average Bonchev–Trinajstić information content (AvgIpc) is 2.94. The Balaban J connectivity index is 1.96. The van der Waals surface area contributed by atoms with Gasteiger partial charge in [-0.25, -0.2) is 0 Å². The van der Waals surface area contributed by atoms with Crippen LogP contribution in [0.1, 0.15) is 45.5 Å². The molecule has 1 aromatic rings. The quantitative estimate of drug-likeness (QED) is 0.848. The van der Waals surface area contributed by atoms with Crippen LogP contribution in [-0.2, 0) is 4.74 Å². The number of aromatic nitrogens is 2. The predicted molar refractivity (Wildman–Crippen MR) is 73.3 cm³/mol. The second-order valence-corrected chi connectivity index (χ2v) is 4.95. The van der Waals surface area contributed by atoms with Gasteiger partial charge in [0.25, 0.3) is 0 Å². The van der Waals surface area contributed by atoms with E-state index in [9.17, 15) is 0 Å². The molecule has 1 aliphatic heterocycles. The maximum Gasteiger partial charge on any atom is 0.318 e. The number of ether oxygens (including phenoxy) is 1. The lowest BCUT2D eigenvalue weighted by atomic mass is 10.2. The van der Waals surface area contributed by atoms with Crippen LogP contribution in [0.5, 0.6) is 0 Å². The molecule has 1 aromatic heterocycles. The van der Waals surface area contributed by atoms with Crippen LogP contribution in [-0.4, -0.2) is 42.5 Å². The molecule has 6 nitrogen and oxygen atoms in total. The normalized spacial score (nSPS) is 21.6. The lowest BCUT2D eigenvalue weighted by molar-refractivity contribution is 0.0366. The molecule has 0 radical (unpaired) electrons. The van der Waals surface area contributed by atoms with Crippen LogP contribution < -0.4 is 10.2 Å². The molecule has 0 aromatic carbocycles. The van der Waals surface area contributed by atoms with E-state index in [1.807, 2.05) is 6.92 Å². The average molecular weight is 268 g/mol. The summed E-state index contributed by atoms with van der Waals surface area (Å²) in [6.07, 6.45) is 2.36. The summed E-state index contributed by atoms with van der Waals surface area (Å²) < 4.78 is 11.4. The van der Waals surface area contributed by atoms with E-state index in [0.717, 1.165) is 39.1 Å². The van der Waals surface area contributed by atoms with Crippen molar-refractivity contribution in [3.8, 4) is 0 Å². The molecular weight excluding hydrogens is 244 g/mol. The summed E-state index contributed by atoms with van der Waals surface area (Å²) in [5.74, 6) is 0.656. The molecule has 0 spiro atoms. The zero-order chi connectivity index (χ0) is 13.7. The zero-order valence-electron chi connectivity index (χ0n) is 12.1. The van der Waals surface area contributed by atoms with Crippen LogP contribution in [0.25, 0.3) is 0 Å². The first kappa shape index (κ1) is 14.3. The molecule has 108 valence electrons. The van der Waals surface area contributed by atoms with Crippen molar-refractivity contribution in [2.45, 2.75) is 45.8 Å². The minimum atomic E-state index is 0.101. The van der Waals surface area contributed by atoms with Crippen LogP contribution in [0.3, 0.4) is 0 Å². The minimum absolute atomic E-state index is 0.101. The molecule has 1 saturated heterocycles. The molecule has 2 rings (SSSR count). The first-order valence-corrected chi connectivity index (χ1v) is 7.17. The van der Waals surface area contributed by atoms with Gasteiger partial charge < -0.3 is 19.4 Å². The topological polar surface area (TPSA) is 63.4 Å². The zero-order valence-corrected chi connectivity index (χ0v) is 12.1. The van der Waals surface area contributed by atoms with Crippen molar-refractivity contribution in [1.82, 2.24) is 15.5 Å². The Morgan fingerprint density at radius 2 is 2.26 bits per heavy atom. The third-order valence-electron chi connectivity index (χ3n) is 3.37. The van der Waals surface area contributed by atoms with Crippen LogP contribution >= 0.6 is 0 Å². The van der Waals surface area contributed by atoms with Crippen LogP contribution in [0, 0.1) is 0 Å². The smallest absolute Gasteiger partial charge is 0.318 e. The third kappa shape index (κ3) is 3.67. The number of hydrogen-bond acceptors (Lipinski definition) is 6. The molecule has 1 aliphatic rings. The van der Waals surface area contributed by atoms with Gasteiger partial charge in [0.1, 0.15) is 0 Å². The van der Waals surface area contributed by atoms with Crippen molar-refractivity contribution in [2.24, 2.45) is 0 Å². The summed E-state index contributed by atoms with van der Waals surface area (Å²) >= 11 is 0. The van der Waals surface area contributed by atoms with E-state index < -0.39 is 0 Å². The Morgan fingerprint density at radius 3 is 3.00 bits per heavy atom. The maximum atomic E-state index is 5.76. The Bertz CT molecular complexity index is 382. The van der Waals surface area contributed by atoms with Crippen molar-refractivity contribution in [1.29, 1.82) is 0 Å². The number of rotatable bonds is 6. The van der Waals surface area contributed by atoms with Crippen molar-refractivity contribution < 1.29 is 9.15 Å². The van der Waals surface area contributed by atoms with Gasteiger partial charge in [0.2, 0.25) is 5.89 Å². The van der Waals surface area contributed by atoms with Crippen molar-refractivity contribution >= 4 is 6.01 Å². The summed E-state index contributed by atoms with van der Waals surface area (Å²) in [4.78, 5) is 2.11. The predicted octanol–water partition coefficient (Wildman–Crippen LogP) is 1.75. The summed E-state index contributed by atoms with van der Waals surface area (Å²) in [5, 5.41) is 11.6. The van der Waals surface area contributed by atoms with E-state index in [4.69, 9.17) is 9.15 Å². The van der Waals surface area contributed by atoms with E-state index in [0.29, 0.717) is 11.9 Å². The number of anilines is 1. The van der Waals surface area contributed by atoms with E-state index in [1.165, 1.54) is 0 Å². The lowest BCUT2D eigenvalue weighted by Gasteiger charge is -2.30. The summed E-state index contributed by atoms with van der Waals surface area (Å²) in [5.41, 5.74) is 0.